The van der Waals surface area contributed by atoms with Crippen molar-refractivity contribution < 1.29 is 35.9 Å². The molecule has 14 heteroatoms. The van der Waals surface area contributed by atoms with E-state index in [1.54, 1.807) is 12.1 Å². The number of aromatic nitrogens is 2. The molecule has 1 unspecified atom stereocenters. The van der Waals surface area contributed by atoms with Gasteiger partial charge in [0.05, 0.1) is 24.3 Å². The van der Waals surface area contributed by atoms with Crippen LogP contribution in [0.5, 0.6) is 0 Å². The monoisotopic (exact) mass is 683 g/mol. The lowest BCUT2D eigenvalue weighted by molar-refractivity contribution is -0.192. The molecule has 2 aromatic carbocycles. The Morgan fingerprint density at radius 1 is 0.979 bits per heavy atom. The van der Waals surface area contributed by atoms with Crippen molar-refractivity contribution in [2.24, 2.45) is 5.41 Å². The molecule has 1 atom stereocenters. The highest BCUT2D eigenvalue weighted by Gasteiger charge is 2.63. The van der Waals surface area contributed by atoms with Crippen molar-refractivity contribution in [3.8, 4) is 11.1 Å². The normalized spacial score (nSPS) is 20.4. The molecule has 0 radical (unpaired) electrons. The highest BCUT2D eigenvalue weighted by Crippen LogP contribution is 2.58. The minimum atomic E-state index is -4.81. The van der Waals surface area contributed by atoms with Crippen LogP contribution in [0.4, 0.5) is 37.7 Å². The van der Waals surface area contributed by atoms with E-state index in [1.807, 2.05) is 40.1 Å². The second kappa shape index (κ2) is 12.9. The van der Waals surface area contributed by atoms with Gasteiger partial charge in [0.15, 0.2) is 5.69 Å². The van der Waals surface area contributed by atoms with Gasteiger partial charge in [-0.2, -0.15) is 31.4 Å². The van der Waals surface area contributed by atoms with Crippen LogP contribution in [0.1, 0.15) is 54.7 Å². The predicted molar refractivity (Wildman–Crippen MR) is 167 cm³/mol. The van der Waals surface area contributed by atoms with Gasteiger partial charge in [0, 0.05) is 67.8 Å². The van der Waals surface area contributed by atoms with Crippen molar-refractivity contribution in [3.05, 3.63) is 64.9 Å². The number of rotatable bonds is 8. The number of nitrogens with zero attached hydrogens (tertiary/aromatic N) is 5. The maximum absolute atomic E-state index is 14.2. The lowest BCUT2D eigenvalue weighted by Gasteiger charge is -2.38. The van der Waals surface area contributed by atoms with Crippen LogP contribution in [0.2, 0.25) is 5.02 Å². The summed E-state index contributed by atoms with van der Waals surface area (Å²) in [6.45, 7) is 4.71. The Balaban J connectivity index is 1.18. The molecule has 47 heavy (non-hydrogen) atoms. The SMILES string of the molecule is CCOC(=O)c1cnn(C2CCCN(c3cc(Cl)ccc3-c3ccc(N4CCN(CC5(C(F)(F)F)CC5)CC4)cc3)C2)c1C(F)(F)F. The number of hydrogen-bond donors (Lipinski definition) is 0. The summed E-state index contributed by atoms with van der Waals surface area (Å²) >= 11 is 6.42. The Labute approximate surface area is 274 Å². The number of carbonyl (C=O) groups is 1. The molecule has 254 valence electrons. The average molecular weight is 684 g/mol. The Morgan fingerprint density at radius 3 is 2.30 bits per heavy atom. The summed E-state index contributed by atoms with van der Waals surface area (Å²) in [6, 6.07) is 12.7. The molecule has 3 fully saturated rings. The van der Waals surface area contributed by atoms with Crippen LogP contribution >= 0.6 is 11.6 Å². The predicted octanol–water partition coefficient (Wildman–Crippen LogP) is 7.71. The van der Waals surface area contributed by atoms with Gasteiger partial charge in [-0.15, -0.1) is 0 Å². The second-order valence-electron chi connectivity index (χ2n) is 12.6. The summed E-state index contributed by atoms with van der Waals surface area (Å²) in [5.41, 5.74) is 0.237. The van der Waals surface area contributed by atoms with Gasteiger partial charge >= 0.3 is 18.3 Å². The molecule has 3 aromatic rings. The molecule has 1 saturated carbocycles. The fourth-order valence-electron chi connectivity index (χ4n) is 6.79. The average Bonchev–Trinajstić information content (AvgIpc) is 3.68. The third-order valence-electron chi connectivity index (χ3n) is 9.50. The molecule has 0 N–H and O–H groups in total. The summed E-state index contributed by atoms with van der Waals surface area (Å²) in [7, 11) is 0. The number of alkyl halides is 6. The van der Waals surface area contributed by atoms with Crippen LogP contribution < -0.4 is 9.80 Å². The molecule has 7 nitrogen and oxygen atoms in total. The van der Waals surface area contributed by atoms with Crippen molar-refractivity contribution in [2.75, 3.05) is 62.2 Å². The number of halogens is 7. The number of benzene rings is 2. The lowest BCUT2D eigenvalue weighted by atomic mass is 9.99. The third kappa shape index (κ3) is 6.92. The van der Waals surface area contributed by atoms with Gasteiger partial charge in [-0.1, -0.05) is 29.8 Å². The molecule has 2 aliphatic heterocycles. The van der Waals surface area contributed by atoms with Crippen LogP contribution in [0.3, 0.4) is 0 Å². The summed E-state index contributed by atoms with van der Waals surface area (Å²) in [5, 5.41) is 4.50. The molecule has 2 saturated heterocycles. The Morgan fingerprint density at radius 2 is 1.68 bits per heavy atom. The first kappa shape index (κ1) is 33.5. The topological polar surface area (TPSA) is 53.8 Å². The molecule has 1 aromatic heterocycles. The van der Waals surface area contributed by atoms with Crippen LogP contribution in [0, 0.1) is 5.41 Å². The van der Waals surface area contributed by atoms with E-state index in [0.29, 0.717) is 50.6 Å². The van der Waals surface area contributed by atoms with E-state index in [1.165, 1.54) is 6.92 Å². The van der Waals surface area contributed by atoms with Crippen molar-refractivity contribution in [1.82, 2.24) is 14.7 Å². The minimum Gasteiger partial charge on any atom is -0.462 e. The van der Waals surface area contributed by atoms with Gasteiger partial charge in [-0.3, -0.25) is 9.58 Å². The number of ether oxygens (including phenoxy) is 1. The first-order chi connectivity index (χ1) is 22.3. The number of piperidine rings is 1. The van der Waals surface area contributed by atoms with Crippen molar-refractivity contribution in [2.45, 2.75) is 51.0 Å². The quantitative estimate of drug-likeness (QED) is 0.179. The first-order valence-electron chi connectivity index (χ1n) is 15.8. The van der Waals surface area contributed by atoms with E-state index in [-0.39, 0.29) is 32.5 Å². The fourth-order valence-corrected chi connectivity index (χ4v) is 6.96. The summed E-state index contributed by atoms with van der Waals surface area (Å²) in [6.07, 6.45) is -6.59. The zero-order valence-corrected chi connectivity index (χ0v) is 26.6. The summed E-state index contributed by atoms with van der Waals surface area (Å²) in [5.74, 6) is -1.06. The molecule has 0 spiro atoms. The molecule has 1 aliphatic carbocycles. The maximum Gasteiger partial charge on any atom is 0.433 e. The van der Waals surface area contributed by atoms with E-state index in [2.05, 4.69) is 10.00 Å². The maximum atomic E-state index is 14.2. The molecule has 3 aliphatic rings. The lowest BCUT2D eigenvalue weighted by Crippen LogP contribution is -2.49. The van der Waals surface area contributed by atoms with Gasteiger partial charge in [0.25, 0.3) is 0 Å². The molecule has 0 amide bonds. The van der Waals surface area contributed by atoms with Gasteiger partial charge < -0.3 is 14.5 Å². The van der Waals surface area contributed by atoms with Gasteiger partial charge in [-0.25, -0.2) is 4.79 Å². The Hall–Kier alpha value is -3.45. The number of hydrogen-bond acceptors (Lipinski definition) is 6. The van der Waals surface area contributed by atoms with Gasteiger partial charge in [0.1, 0.15) is 5.56 Å². The van der Waals surface area contributed by atoms with E-state index in [0.717, 1.165) is 33.4 Å². The van der Waals surface area contributed by atoms with Crippen LogP contribution in [0.25, 0.3) is 11.1 Å². The Kier molecular flexibility index (Phi) is 9.16. The van der Waals surface area contributed by atoms with Crippen LogP contribution in [-0.2, 0) is 10.9 Å². The zero-order chi connectivity index (χ0) is 33.6. The van der Waals surface area contributed by atoms with E-state index < -0.39 is 41.0 Å². The van der Waals surface area contributed by atoms with Gasteiger partial charge in [0.2, 0.25) is 0 Å². The largest absolute Gasteiger partial charge is 0.462 e. The molecular formula is C33H36ClF6N5O2. The molecule has 3 heterocycles. The van der Waals surface area contributed by atoms with Crippen molar-refractivity contribution in [1.29, 1.82) is 0 Å². The molecule has 6 rings (SSSR count). The second-order valence-corrected chi connectivity index (χ2v) is 13.0. The minimum absolute atomic E-state index is 0.0559. The number of carbonyl (C=O) groups excluding carboxylic acids is 1. The summed E-state index contributed by atoms with van der Waals surface area (Å²) < 4.78 is 88.7. The highest BCUT2D eigenvalue weighted by atomic mass is 35.5. The van der Waals surface area contributed by atoms with Gasteiger partial charge in [-0.05, 0) is 62.4 Å². The zero-order valence-electron chi connectivity index (χ0n) is 25.9. The highest BCUT2D eigenvalue weighted by molar-refractivity contribution is 6.31. The molecule has 0 bridgehead atoms. The van der Waals surface area contributed by atoms with E-state index in [9.17, 15) is 31.1 Å². The number of piperazine rings is 1. The van der Waals surface area contributed by atoms with Crippen LogP contribution in [-0.4, -0.2) is 79.2 Å². The first-order valence-corrected chi connectivity index (χ1v) is 16.2. The third-order valence-corrected chi connectivity index (χ3v) is 9.73. The van der Waals surface area contributed by atoms with E-state index in [4.69, 9.17) is 16.3 Å². The smallest absolute Gasteiger partial charge is 0.433 e. The van der Waals surface area contributed by atoms with Crippen molar-refractivity contribution >= 4 is 28.9 Å². The summed E-state index contributed by atoms with van der Waals surface area (Å²) in [4.78, 5) is 18.4. The fraction of sp³-hybridized carbons (Fsp3) is 0.515. The number of esters is 1. The van der Waals surface area contributed by atoms with Crippen molar-refractivity contribution in [3.63, 3.8) is 0 Å². The Bertz CT molecular complexity index is 1580. The molecular weight excluding hydrogens is 648 g/mol. The van der Waals surface area contributed by atoms with E-state index >= 15 is 0 Å². The van der Waals surface area contributed by atoms with Crippen LogP contribution in [0.15, 0.2) is 48.7 Å². The number of anilines is 2. The standard InChI is InChI=1S/C33H36ClF6N5O2/c1-2-47-30(46)27-19-41-45(29(27)32(35,36)37)25-4-3-13-44(20-25)28-18-23(34)7-10-26(28)22-5-8-24(9-6-22)43-16-14-42(15-17-43)21-31(11-12-31)33(38,39)40/h5-10,18-19,25H,2-4,11-17,20-21H2,1H3.